The largest absolute Gasteiger partial charge is 0.626 e. The molecule has 3 amide bonds. The van der Waals surface area contributed by atoms with Gasteiger partial charge in [-0.25, -0.2) is 9.59 Å². The standard InChI is InChI=1S/C19H24N2O7/c1-11-6-5-7-13(27-10-15(23)28-19(2,3)4)16(11)18(25)21(26)12-8-9-14(22)20-17(12)24/h5-7,12,21H,8-10H2,1-4H3,(H,20,22,24). The summed E-state index contributed by atoms with van der Waals surface area (Å²) < 4.78 is 10.6. The molecule has 28 heavy (non-hydrogen) atoms. The zero-order chi connectivity index (χ0) is 21.1. The molecule has 0 aromatic heterocycles. The number of esters is 1. The Bertz CT molecular complexity index is 798. The van der Waals surface area contributed by atoms with Gasteiger partial charge in [0.15, 0.2) is 12.6 Å². The molecule has 2 atom stereocenters. The highest BCUT2D eigenvalue weighted by atomic mass is 16.6. The van der Waals surface area contributed by atoms with Crippen molar-refractivity contribution in [2.24, 2.45) is 0 Å². The van der Waals surface area contributed by atoms with Crippen LogP contribution in [0.5, 0.6) is 5.75 Å². The van der Waals surface area contributed by atoms with Gasteiger partial charge >= 0.3 is 11.9 Å². The Balaban J connectivity index is 2.18. The van der Waals surface area contributed by atoms with Crippen molar-refractivity contribution in [3.8, 4) is 5.75 Å². The summed E-state index contributed by atoms with van der Waals surface area (Å²) in [5, 5.41) is 13.7. The first-order valence-electron chi connectivity index (χ1n) is 8.86. The Morgan fingerprint density at radius 2 is 1.96 bits per heavy atom. The summed E-state index contributed by atoms with van der Waals surface area (Å²) >= 11 is 0. The Labute approximate surface area is 162 Å². The van der Waals surface area contributed by atoms with Crippen LogP contribution in [0.15, 0.2) is 18.2 Å². The number of hydrogen-bond donors (Lipinski definition) is 2. The van der Waals surface area contributed by atoms with E-state index in [4.69, 9.17) is 9.47 Å². The van der Waals surface area contributed by atoms with Crippen molar-refractivity contribution in [2.45, 2.75) is 52.2 Å². The molecule has 9 heteroatoms. The Morgan fingerprint density at radius 1 is 1.29 bits per heavy atom. The maximum absolute atomic E-state index is 12.8. The van der Waals surface area contributed by atoms with Crippen LogP contribution in [0.1, 0.15) is 49.5 Å². The number of rotatable bonds is 5. The lowest BCUT2D eigenvalue weighted by Crippen LogP contribution is -3.15. The molecule has 0 aliphatic carbocycles. The van der Waals surface area contributed by atoms with Gasteiger partial charge in [0.25, 0.3) is 5.91 Å². The van der Waals surface area contributed by atoms with Crippen molar-refractivity contribution in [3.05, 3.63) is 34.5 Å². The van der Waals surface area contributed by atoms with E-state index in [0.29, 0.717) is 5.56 Å². The third-order valence-corrected chi connectivity index (χ3v) is 4.01. The van der Waals surface area contributed by atoms with Crippen molar-refractivity contribution >= 4 is 23.7 Å². The molecule has 1 aromatic carbocycles. The molecule has 1 saturated heterocycles. The van der Waals surface area contributed by atoms with Crippen LogP contribution in [0.4, 0.5) is 0 Å². The second-order valence-corrected chi connectivity index (χ2v) is 7.52. The Morgan fingerprint density at radius 3 is 2.57 bits per heavy atom. The predicted molar refractivity (Wildman–Crippen MR) is 97.4 cm³/mol. The van der Waals surface area contributed by atoms with Crippen LogP contribution >= 0.6 is 0 Å². The third-order valence-electron chi connectivity index (χ3n) is 4.01. The fourth-order valence-corrected chi connectivity index (χ4v) is 2.78. The second kappa shape index (κ2) is 8.49. The van der Waals surface area contributed by atoms with Crippen molar-refractivity contribution in [1.29, 1.82) is 0 Å². The molecule has 9 nitrogen and oxygen atoms in total. The third kappa shape index (κ3) is 5.37. The molecule has 1 heterocycles. The van der Waals surface area contributed by atoms with Gasteiger partial charge in [0.1, 0.15) is 16.9 Å². The van der Waals surface area contributed by atoms with Gasteiger partial charge in [-0.15, -0.1) is 0 Å². The van der Waals surface area contributed by atoms with Gasteiger partial charge in [0, 0.05) is 12.8 Å². The van der Waals surface area contributed by atoms with Crippen molar-refractivity contribution in [3.63, 3.8) is 0 Å². The van der Waals surface area contributed by atoms with Crippen LogP contribution in [0.3, 0.4) is 0 Å². The van der Waals surface area contributed by atoms with E-state index in [2.05, 4.69) is 5.32 Å². The van der Waals surface area contributed by atoms with E-state index in [0.717, 1.165) is 0 Å². The minimum absolute atomic E-state index is 0.00873. The van der Waals surface area contributed by atoms with Crippen LogP contribution in [-0.4, -0.2) is 41.9 Å². The molecule has 152 valence electrons. The normalized spacial score (nSPS) is 18.2. The molecule has 0 saturated carbocycles. The zero-order valence-corrected chi connectivity index (χ0v) is 16.3. The number of hydroxylamine groups is 2. The van der Waals surface area contributed by atoms with Gasteiger partial charge in [-0.05, 0) is 39.3 Å². The van der Waals surface area contributed by atoms with Crippen molar-refractivity contribution < 1.29 is 33.7 Å². The number of benzene rings is 1. The zero-order valence-electron chi connectivity index (χ0n) is 16.3. The van der Waals surface area contributed by atoms with E-state index in [1.54, 1.807) is 39.8 Å². The molecule has 2 rings (SSSR count). The van der Waals surface area contributed by atoms with Crippen LogP contribution in [-0.2, 0) is 19.1 Å². The summed E-state index contributed by atoms with van der Waals surface area (Å²) in [6.45, 7) is 6.32. The molecule has 0 radical (unpaired) electrons. The maximum Gasteiger partial charge on any atom is 0.348 e. The first-order valence-corrected chi connectivity index (χ1v) is 8.86. The van der Waals surface area contributed by atoms with Crippen molar-refractivity contribution in [1.82, 2.24) is 5.32 Å². The molecule has 2 unspecified atom stereocenters. The Hall–Kier alpha value is -2.78. The summed E-state index contributed by atoms with van der Waals surface area (Å²) in [5.41, 5.74) is -0.235. The quantitative estimate of drug-likeness (QED) is 0.412. The van der Waals surface area contributed by atoms with E-state index < -0.39 is 47.0 Å². The summed E-state index contributed by atoms with van der Waals surface area (Å²) in [7, 11) is 0. The van der Waals surface area contributed by atoms with E-state index in [-0.39, 0.29) is 24.2 Å². The molecule has 1 aliphatic heterocycles. The molecule has 0 spiro atoms. The first kappa shape index (κ1) is 21.5. The number of carbonyl (C=O) groups is 4. The van der Waals surface area contributed by atoms with Gasteiger partial charge in [-0.1, -0.05) is 12.1 Å². The summed E-state index contributed by atoms with van der Waals surface area (Å²) in [5.74, 6) is -2.72. The highest BCUT2D eigenvalue weighted by molar-refractivity contribution is 6.01. The summed E-state index contributed by atoms with van der Waals surface area (Å²) in [4.78, 5) is 47.8. The molecular weight excluding hydrogens is 368 g/mol. The van der Waals surface area contributed by atoms with E-state index >= 15 is 0 Å². The van der Waals surface area contributed by atoms with Gasteiger partial charge in [0.05, 0.1) is 0 Å². The summed E-state index contributed by atoms with van der Waals surface area (Å²) in [6, 6.07) is 3.48. The fourth-order valence-electron chi connectivity index (χ4n) is 2.78. The number of aryl methyl sites for hydroxylation is 1. The maximum atomic E-state index is 12.8. The lowest BCUT2D eigenvalue weighted by molar-refractivity contribution is -0.777. The number of imide groups is 1. The monoisotopic (exact) mass is 392 g/mol. The lowest BCUT2D eigenvalue weighted by atomic mass is 10.0. The number of hydrogen-bond acceptors (Lipinski definition) is 7. The first-order chi connectivity index (χ1) is 13.0. The highest BCUT2D eigenvalue weighted by Gasteiger charge is 2.36. The number of ether oxygens (including phenoxy) is 2. The van der Waals surface area contributed by atoms with E-state index in [1.807, 2.05) is 0 Å². The average Bonchev–Trinajstić information content (AvgIpc) is 2.57. The smallest absolute Gasteiger partial charge is 0.348 e. The molecular formula is C19H24N2O7. The molecule has 1 fully saturated rings. The number of amides is 3. The van der Waals surface area contributed by atoms with Crippen molar-refractivity contribution in [2.75, 3.05) is 6.61 Å². The van der Waals surface area contributed by atoms with Gasteiger partial charge in [-0.3, -0.25) is 20.0 Å². The molecule has 1 aromatic rings. The molecule has 0 bridgehead atoms. The topological polar surface area (TPSA) is 126 Å². The number of quaternary nitrogens is 1. The predicted octanol–water partition coefficient (Wildman–Crippen LogP) is 0.0436. The van der Waals surface area contributed by atoms with Gasteiger partial charge in [0.2, 0.25) is 5.91 Å². The lowest BCUT2D eigenvalue weighted by Gasteiger charge is -2.31. The minimum atomic E-state index is -1.22. The highest BCUT2D eigenvalue weighted by Crippen LogP contribution is 2.22. The fraction of sp³-hybridized carbons (Fsp3) is 0.474. The van der Waals surface area contributed by atoms with Crippen LogP contribution in [0.25, 0.3) is 0 Å². The van der Waals surface area contributed by atoms with Crippen LogP contribution in [0, 0.1) is 12.1 Å². The van der Waals surface area contributed by atoms with E-state index in [1.165, 1.54) is 6.07 Å². The van der Waals surface area contributed by atoms with Gasteiger partial charge in [-0.2, -0.15) is 0 Å². The Kier molecular flexibility index (Phi) is 6.52. The number of carbonyl (C=O) groups excluding carboxylic acids is 4. The van der Waals surface area contributed by atoms with Crippen LogP contribution < -0.4 is 15.1 Å². The summed E-state index contributed by atoms with van der Waals surface area (Å²) in [6.07, 6.45) is -0.0274. The van der Waals surface area contributed by atoms with E-state index in [9.17, 15) is 24.4 Å². The minimum Gasteiger partial charge on any atom is -0.626 e. The molecule has 1 aliphatic rings. The molecule has 2 N–H and O–H groups in total. The van der Waals surface area contributed by atoms with Gasteiger partial charge < -0.3 is 14.7 Å². The number of piperidine rings is 1. The SMILES string of the molecule is Cc1cccc(OCC(=O)OC(C)(C)C)c1C(=O)[NH+]([O-])C1CCC(=O)NC1=O. The average molecular weight is 392 g/mol. The number of nitrogens with one attached hydrogen (secondary N) is 2. The second-order valence-electron chi connectivity index (χ2n) is 7.52. The van der Waals surface area contributed by atoms with Crippen LogP contribution in [0.2, 0.25) is 0 Å².